The fourth-order valence-corrected chi connectivity index (χ4v) is 4.27. The Morgan fingerprint density at radius 3 is 2.74 bits per heavy atom. The molecule has 0 saturated heterocycles. The molecule has 2 heterocycles. The van der Waals surface area contributed by atoms with Crippen molar-refractivity contribution in [1.82, 2.24) is 14.7 Å². The largest absolute Gasteiger partial charge is 0.383 e. The molecule has 184 valence electrons. The van der Waals surface area contributed by atoms with Gasteiger partial charge in [-0.05, 0) is 44.6 Å². The normalized spacial score (nSPS) is 13.3. The summed E-state index contributed by atoms with van der Waals surface area (Å²) >= 11 is 0. The second kappa shape index (κ2) is 10.9. The predicted octanol–water partition coefficient (Wildman–Crippen LogP) is 2.80. The predicted molar refractivity (Wildman–Crippen MR) is 135 cm³/mol. The molecule has 4 rings (SSSR count). The van der Waals surface area contributed by atoms with Crippen molar-refractivity contribution in [3.05, 3.63) is 80.2 Å². The molecule has 0 radical (unpaired) electrons. The summed E-state index contributed by atoms with van der Waals surface area (Å²) < 4.78 is 6.32. The third kappa shape index (κ3) is 6.08. The van der Waals surface area contributed by atoms with Gasteiger partial charge in [-0.25, -0.2) is 4.79 Å². The van der Waals surface area contributed by atoms with E-state index in [0.717, 1.165) is 24.8 Å². The van der Waals surface area contributed by atoms with Gasteiger partial charge in [0.2, 0.25) is 5.91 Å². The van der Waals surface area contributed by atoms with Gasteiger partial charge in [0.1, 0.15) is 17.3 Å². The van der Waals surface area contributed by atoms with E-state index in [-0.39, 0.29) is 30.5 Å². The summed E-state index contributed by atoms with van der Waals surface area (Å²) in [5, 5.41) is 6.47. The maximum Gasteiger partial charge on any atom is 0.330 e. The summed E-state index contributed by atoms with van der Waals surface area (Å²) in [5.41, 5.74) is 7.43. The van der Waals surface area contributed by atoms with Crippen LogP contribution in [0.5, 0.6) is 0 Å². The molecular weight excluding hydrogens is 448 g/mol. The van der Waals surface area contributed by atoms with E-state index in [1.165, 1.54) is 16.6 Å². The van der Waals surface area contributed by atoms with E-state index in [0.29, 0.717) is 24.5 Å². The van der Waals surface area contributed by atoms with E-state index < -0.39 is 11.2 Å². The Morgan fingerprint density at radius 2 is 2.06 bits per heavy atom. The zero-order chi connectivity index (χ0) is 24.8. The van der Waals surface area contributed by atoms with Gasteiger partial charge in [-0.3, -0.25) is 19.1 Å². The Balaban J connectivity index is 1.64. The number of hydrogen-bond donors (Lipinski definition) is 3. The lowest BCUT2D eigenvalue weighted by Crippen LogP contribution is -2.42. The van der Waals surface area contributed by atoms with Crippen molar-refractivity contribution in [1.29, 1.82) is 0 Å². The van der Waals surface area contributed by atoms with Crippen LogP contribution in [0.15, 0.2) is 62.2 Å². The lowest BCUT2D eigenvalue weighted by Gasteiger charge is -2.26. The first kappa shape index (κ1) is 24.1. The molecule has 1 aliphatic rings. The molecule has 0 saturated carbocycles. The zero-order valence-corrected chi connectivity index (χ0v) is 19.8. The van der Waals surface area contributed by atoms with Crippen LogP contribution in [-0.4, -0.2) is 33.7 Å². The van der Waals surface area contributed by atoms with E-state index in [1.807, 2.05) is 30.3 Å². The molecule has 0 bridgehead atoms. The molecule has 0 atom stereocenters. The summed E-state index contributed by atoms with van der Waals surface area (Å²) in [7, 11) is 0. The number of allylic oxidation sites excluding steroid dienone is 1. The monoisotopic (exact) mass is 478 g/mol. The van der Waals surface area contributed by atoms with Crippen molar-refractivity contribution < 1.29 is 9.32 Å². The smallest absolute Gasteiger partial charge is 0.330 e. The second-order valence-electron chi connectivity index (χ2n) is 8.72. The molecule has 0 unspecified atom stereocenters. The van der Waals surface area contributed by atoms with Gasteiger partial charge in [-0.2, -0.15) is 0 Å². The lowest BCUT2D eigenvalue weighted by atomic mass is 9.97. The van der Waals surface area contributed by atoms with Crippen LogP contribution in [0.4, 0.5) is 17.3 Å². The molecular formula is C25H30N6O4. The highest BCUT2D eigenvalue weighted by atomic mass is 16.5. The van der Waals surface area contributed by atoms with Gasteiger partial charge >= 0.3 is 5.69 Å². The topological polar surface area (TPSA) is 139 Å². The number of rotatable bonds is 9. The van der Waals surface area contributed by atoms with Gasteiger partial charge in [0, 0.05) is 12.6 Å². The third-order valence-electron chi connectivity index (χ3n) is 6.03. The van der Waals surface area contributed by atoms with E-state index in [2.05, 4.69) is 21.5 Å². The number of benzene rings is 1. The fourth-order valence-electron chi connectivity index (χ4n) is 4.27. The number of nitrogens with one attached hydrogen (secondary N) is 2. The summed E-state index contributed by atoms with van der Waals surface area (Å²) in [6, 6.07) is 11.0. The first-order valence-corrected chi connectivity index (χ1v) is 11.7. The number of hydrogen-bond acceptors (Lipinski definition) is 7. The molecule has 2 aromatic heterocycles. The molecule has 1 aliphatic carbocycles. The average Bonchev–Trinajstić information content (AvgIpc) is 3.25. The maximum atomic E-state index is 12.9. The summed E-state index contributed by atoms with van der Waals surface area (Å²) in [6.07, 6.45) is 7.24. The van der Waals surface area contributed by atoms with Crippen molar-refractivity contribution in [3.8, 4) is 0 Å². The Morgan fingerprint density at radius 1 is 1.26 bits per heavy atom. The van der Waals surface area contributed by atoms with Crippen LogP contribution in [0, 0.1) is 6.92 Å². The SMILES string of the molecule is Cc1cc(NC(=O)CN(CCC2=CCCCC2)c2c(N)n(Cc3ccccc3)c(=O)[nH]c2=O)no1. The molecule has 3 aromatic rings. The van der Waals surface area contributed by atoms with Crippen molar-refractivity contribution >= 4 is 23.2 Å². The molecule has 0 aliphatic heterocycles. The van der Waals surface area contributed by atoms with Gasteiger partial charge < -0.3 is 20.5 Å². The van der Waals surface area contributed by atoms with Crippen molar-refractivity contribution in [2.75, 3.05) is 29.0 Å². The van der Waals surface area contributed by atoms with Gasteiger partial charge in [-0.15, -0.1) is 0 Å². The number of anilines is 3. The van der Waals surface area contributed by atoms with Gasteiger partial charge in [0.25, 0.3) is 5.56 Å². The Kier molecular flexibility index (Phi) is 7.49. The van der Waals surface area contributed by atoms with Crippen LogP contribution in [0.3, 0.4) is 0 Å². The number of nitrogen functional groups attached to an aromatic ring is 1. The molecule has 10 heteroatoms. The highest BCUT2D eigenvalue weighted by Gasteiger charge is 2.22. The van der Waals surface area contributed by atoms with Crippen LogP contribution in [0.25, 0.3) is 0 Å². The number of aryl methyl sites for hydroxylation is 1. The van der Waals surface area contributed by atoms with E-state index in [4.69, 9.17) is 10.3 Å². The quantitative estimate of drug-likeness (QED) is 0.402. The minimum absolute atomic E-state index is 0.0188. The number of aromatic amines is 1. The minimum atomic E-state index is -0.625. The van der Waals surface area contributed by atoms with E-state index in [9.17, 15) is 14.4 Å². The maximum absolute atomic E-state index is 12.9. The van der Waals surface area contributed by atoms with Crippen molar-refractivity contribution in [2.24, 2.45) is 0 Å². The van der Waals surface area contributed by atoms with Crippen LogP contribution in [0.1, 0.15) is 43.4 Å². The summed E-state index contributed by atoms with van der Waals surface area (Å²) in [6.45, 7) is 2.17. The number of H-pyrrole nitrogens is 1. The average molecular weight is 479 g/mol. The number of amides is 1. The minimum Gasteiger partial charge on any atom is -0.383 e. The Hall–Kier alpha value is -4.08. The van der Waals surface area contributed by atoms with E-state index in [1.54, 1.807) is 17.9 Å². The molecule has 1 amide bonds. The second-order valence-corrected chi connectivity index (χ2v) is 8.72. The van der Waals surface area contributed by atoms with Crippen molar-refractivity contribution in [3.63, 3.8) is 0 Å². The molecule has 10 nitrogen and oxygen atoms in total. The van der Waals surface area contributed by atoms with Crippen LogP contribution >= 0.6 is 0 Å². The summed E-state index contributed by atoms with van der Waals surface area (Å²) in [5.74, 6) is 0.495. The van der Waals surface area contributed by atoms with Crippen LogP contribution in [-0.2, 0) is 11.3 Å². The standard InChI is InChI=1S/C25H30N6O4/c1-17-14-20(29-35-17)27-21(32)16-30(13-12-18-8-4-2-5-9-18)22-23(26)31(25(34)28-24(22)33)15-19-10-6-3-7-11-19/h3,6-8,10-11,14H,2,4-5,9,12-13,15-16,26H2,1H3,(H,27,29,32)(H,28,33,34). The molecule has 4 N–H and O–H groups in total. The highest BCUT2D eigenvalue weighted by molar-refractivity contribution is 5.93. The third-order valence-corrected chi connectivity index (χ3v) is 6.03. The number of nitrogens with zero attached hydrogens (tertiary/aromatic N) is 3. The molecule has 0 fully saturated rings. The van der Waals surface area contributed by atoms with Crippen molar-refractivity contribution in [2.45, 2.75) is 45.6 Å². The Bertz CT molecular complexity index is 1320. The number of aromatic nitrogens is 3. The first-order chi connectivity index (χ1) is 16.9. The molecule has 35 heavy (non-hydrogen) atoms. The summed E-state index contributed by atoms with van der Waals surface area (Å²) in [4.78, 5) is 42.4. The lowest BCUT2D eigenvalue weighted by molar-refractivity contribution is -0.115. The zero-order valence-electron chi connectivity index (χ0n) is 19.8. The van der Waals surface area contributed by atoms with E-state index >= 15 is 0 Å². The highest BCUT2D eigenvalue weighted by Crippen LogP contribution is 2.23. The van der Waals surface area contributed by atoms with Gasteiger partial charge in [-0.1, -0.05) is 47.1 Å². The Labute approximate surface area is 202 Å². The molecule has 1 aromatic carbocycles. The number of carbonyl (C=O) groups excluding carboxylic acids is 1. The fraction of sp³-hybridized carbons (Fsp3) is 0.360. The van der Waals surface area contributed by atoms with Crippen LogP contribution in [0.2, 0.25) is 0 Å². The first-order valence-electron chi connectivity index (χ1n) is 11.7. The molecule has 0 spiro atoms. The number of carbonyl (C=O) groups is 1. The number of nitrogens with two attached hydrogens (primary N) is 1. The van der Waals surface area contributed by atoms with Crippen LogP contribution < -0.4 is 27.2 Å². The van der Waals surface area contributed by atoms with Gasteiger partial charge in [0.15, 0.2) is 5.82 Å². The van der Waals surface area contributed by atoms with Gasteiger partial charge in [0.05, 0.1) is 13.1 Å².